The Morgan fingerprint density at radius 2 is 0.414 bits per heavy atom. The van der Waals surface area contributed by atoms with Gasteiger partial charge in [-0.3, -0.25) is 0 Å². The first-order valence-corrected chi connectivity index (χ1v) is 11.2. The molecule has 0 aromatic carbocycles. The highest BCUT2D eigenvalue weighted by Gasteiger charge is 2.93. The first-order chi connectivity index (χ1) is 12.0. The number of sulfone groups is 4. The molecule has 0 amide bonds. The van der Waals surface area contributed by atoms with Crippen LogP contribution in [0.4, 0.5) is 52.7 Å². The molecular weight excluding hydrogens is 544 g/mol. The highest BCUT2D eigenvalue weighted by atomic mass is 32.4. The van der Waals surface area contributed by atoms with Gasteiger partial charge in [0.1, 0.15) is 0 Å². The van der Waals surface area contributed by atoms with Crippen molar-refractivity contribution in [3.05, 3.63) is 0 Å². The first kappa shape index (κ1) is 28.0. The van der Waals surface area contributed by atoms with E-state index in [-0.39, 0.29) is 0 Å². The zero-order valence-corrected chi connectivity index (χ0v) is 15.2. The summed E-state index contributed by atoms with van der Waals surface area (Å²) in [6, 6.07) is 0. The van der Waals surface area contributed by atoms with E-state index in [0.29, 0.717) is 0 Å². The Hall–Kier alpha value is -1.04. The zero-order valence-electron chi connectivity index (χ0n) is 11.9. The van der Waals surface area contributed by atoms with Gasteiger partial charge in [-0.2, -0.15) is 52.7 Å². The number of halogens is 12. The van der Waals surface area contributed by atoms with Crippen LogP contribution in [0.25, 0.3) is 0 Å². The summed E-state index contributed by atoms with van der Waals surface area (Å²) >= 11 is 0. The lowest BCUT2D eigenvalue weighted by Gasteiger charge is -2.33. The molecule has 0 aliphatic carbocycles. The van der Waals surface area contributed by atoms with Crippen LogP contribution in [0, 0.1) is 0 Å². The SMILES string of the molecule is O=S(=O)(C(F)(F)F)C(S(=O)(=O)C(F)(F)F)(S(=O)(=O)C(F)(F)F)S(=O)(=O)C(F)(F)F. The fraction of sp³-hybridized carbons (Fsp3) is 1.00. The van der Waals surface area contributed by atoms with Gasteiger partial charge < -0.3 is 0 Å². The van der Waals surface area contributed by atoms with Crippen LogP contribution >= 0.6 is 0 Å². The van der Waals surface area contributed by atoms with Gasteiger partial charge in [-0.1, -0.05) is 0 Å². The average molecular weight is 544 g/mol. The molecule has 0 bridgehead atoms. The molecule has 0 rings (SSSR count). The molecule has 0 unspecified atom stereocenters. The molecule has 24 heteroatoms. The third-order valence-corrected chi connectivity index (χ3v) is 15.5. The van der Waals surface area contributed by atoms with Crippen molar-refractivity contribution < 1.29 is 86.4 Å². The van der Waals surface area contributed by atoms with Gasteiger partial charge in [-0.25, -0.2) is 33.7 Å². The Morgan fingerprint density at radius 1 is 0.310 bits per heavy atom. The second-order valence-corrected chi connectivity index (χ2v) is 14.2. The molecular formula is C5F12O8S4. The summed E-state index contributed by atoms with van der Waals surface area (Å²) in [6.45, 7) is 0. The van der Waals surface area contributed by atoms with Crippen LogP contribution in [0.2, 0.25) is 0 Å². The van der Waals surface area contributed by atoms with E-state index in [4.69, 9.17) is 0 Å². The Morgan fingerprint density at radius 3 is 0.483 bits per heavy atom. The Labute approximate surface area is 151 Å². The molecule has 0 aliphatic rings. The van der Waals surface area contributed by atoms with Gasteiger partial charge in [0, 0.05) is 0 Å². The van der Waals surface area contributed by atoms with E-state index in [9.17, 15) is 86.4 Å². The normalized spacial score (nSPS) is 16.7. The lowest BCUT2D eigenvalue weighted by molar-refractivity contribution is -0.0529. The molecule has 0 spiro atoms. The summed E-state index contributed by atoms with van der Waals surface area (Å²) in [5, 5.41) is 0. The lowest BCUT2D eigenvalue weighted by atomic mass is 11.5. The fourth-order valence-electron chi connectivity index (χ4n) is 1.43. The van der Waals surface area contributed by atoms with Crippen LogP contribution in [0.5, 0.6) is 0 Å². The van der Waals surface area contributed by atoms with E-state index in [0.717, 1.165) is 0 Å². The molecule has 0 atom stereocenters. The van der Waals surface area contributed by atoms with Gasteiger partial charge in [0.05, 0.1) is 0 Å². The third-order valence-electron chi connectivity index (χ3n) is 2.54. The molecule has 0 saturated heterocycles. The van der Waals surface area contributed by atoms with Crippen molar-refractivity contribution in [3.8, 4) is 0 Å². The highest BCUT2D eigenvalue weighted by Crippen LogP contribution is 2.56. The van der Waals surface area contributed by atoms with Gasteiger partial charge in [0.2, 0.25) is 0 Å². The van der Waals surface area contributed by atoms with Gasteiger partial charge in [0.25, 0.3) is 39.3 Å². The summed E-state index contributed by atoms with van der Waals surface area (Å²) in [5.41, 5.74) is -32.0. The Kier molecular flexibility index (Phi) is 6.25. The minimum absolute atomic E-state index is 8.01. The molecule has 0 saturated carbocycles. The van der Waals surface area contributed by atoms with E-state index in [2.05, 4.69) is 0 Å². The number of rotatable bonds is 4. The van der Waals surface area contributed by atoms with Crippen molar-refractivity contribution in [3.63, 3.8) is 0 Å². The quantitative estimate of drug-likeness (QED) is 0.484. The number of hydrogen-bond acceptors (Lipinski definition) is 8. The van der Waals surface area contributed by atoms with E-state index in [1.165, 1.54) is 0 Å². The molecule has 0 N–H and O–H groups in total. The minimum atomic E-state index is -9.55. The maximum Gasteiger partial charge on any atom is 0.501 e. The third kappa shape index (κ3) is 3.34. The maximum atomic E-state index is 12.6. The summed E-state index contributed by atoms with van der Waals surface area (Å²) in [5.74, 6) is 0. The second kappa shape index (κ2) is 6.48. The van der Waals surface area contributed by atoms with Crippen LogP contribution in [-0.2, 0) is 39.3 Å². The Balaban J connectivity index is 8.83. The monoisotopic (exact) mass is 544 g/mol. The maximum absolute atomic E-state index is 12.6. The second-order valence-electron chi connectivity index (χ2n) is 4.30. The zero-order chi connectivity index (χ0) is 24.5. The standard InChI is InChI=1S/C5F12O8S4/c6-1(7,8)26(18,19)5(27(20,21)2(9,10)11,28(22,23)3(12,13)14)29(24,25)4(15,16)17. The summed E-state index contributed by atoms with van der Waals surface area (Å²) in [4.78, 5) is 0. The summed E-state index contributed by atoms with van der Waals surface area (Å²) in [7, 11) is -38.2. The van der Waals surface area contributed by atoms with Crippen LogP contribution in [0.15, 0.2) is 0 Å². The largest absolute Gasteiger partial charge is 0.501 e. The molecule has 176 valence electrons. The summed E-state index contributed by atoms with van der Waals surface area (Å²) < 4.78 is 232. The number of hydrogen-bond donors (Lipinski definition) is 0. The van der Waals surface area contributed by atoms with Gasteiger partial charge in [0.15, 0.2) is 0 Å². The molecule has 0 fully saturated rings. The predicted molar refractivity (Wildman–Crippen MR) is 62.6 cm³/mol. The first-order valence-electron chi connectivity index (χ1n) is 5.23. The average Bonchev–Trinajstić information content (AvgIpc) is 2.31. The van der Waals surface area contributed by atoms with Crippen LogP contribution in [0.3, 0.4) is 0 Å². The predicted octanol–water partition coefficient (Wildman–Crippen LogP) is 1.34. The highest BCUT2D eigenvalue weighted by molar-refractivity contribution is 8.40. The van der Waals surface area contributed by atoms with Crippen LogP contribution in [0.1, 0.15) is 0 Å². The van der Waals surface area contributed by atoms with Gasteiger partial charge >= 0.3 is 24.8 Å². The van der Waals surface area contributed by atoms with E-state index in [1.807, 2.05) is 0 Å². The van der Waals surface area contributed by atoms with Crippen molar-refractivity contribution >= 4 is 39.3 Å². The summed E-state index contributed by atoms with van der Waals surface area (Å²) in [6.07, 6.45) is 0. The minimum Gasteiger partial charge on any atom is -0.216 e. The molecule has 29 heavy (non-hydrogen) atoms. The van der Waals surface area contributed by atoms with Crippen LogP contribution in [-0.4, -0.2) is 58.4 Å². The number of alkyl halides is 12. The van der Waals surface area contributed by atoms with Crippen molar-refractivity contribution in [2.75, 3.05) is 0 Å². The molecule has 8 nitrogen and oxygen atoms in total. The fourth-order valence-corrected chi connectivity index (χ4v) is 12.9. The Bertz CT molecular complexity index is 897. The molecule has 0 radical (unpaired) electrons. The van der Waals surface area contributed by atoms with Crippen molar-refractivity contribution in [1.82, 2.24) is 0 Å². The molecule has 0 aliphatic heterocycles. The van der Waals surface area contributed by atoms with Gasteiger partial charge in [-0.15, -0.1) is 0 Å². The molecule has 0 aromatic heterocycles. The van der Waals surface area contributed by atoms with E-state index in [1.54, 1.807) is 0 Å². The smallest absolute Gasteiger partial charge is 0.216 e. The topological polar surface area (TPSA) is 137 Å². The van der Waals surface area contributed by atoms with E-state index >= 15 is 0 Å². The molecule has 0 aromatic rings. The van der Waals surface area contributed by atoms with Crippen molar-refractivity contribution in [2.45, 2.75) is 24.8 Å². The van der Waals surface area contributed by atoms with E-state index < -0.39 is 64.1 Å². The van der Waals surface area contributed by atoms with Crippen LogP contribution < -0.4 is 0 Å². The van der Waals surface area contributed by atoms with Crippen molar-refractivity contribution in [2.24, 2.45) is 0 Å². The lowest BCUT2D eigenvalue weighted by Crippen LogP contribution is -2.69. The van der Waals surface area contributed by atoms with Gasteiger partial charge in [-0.05, 0) is 0 Å². The molecule has 0 heterocycles. The van der Waals surface area contributed by atoms with Crippen molar-refractivity contribution in [1.29, 1.82) is 0 Å².